The van der Waals surface area contributed by atoms with Gasteiger partial charge in [-0.1, -0.05) is 20.8 Å². The average Bonchev–Trinajstić information content (AvgIpc) is 2.06. The zero-order valence-electron chi connectivity index (χ0n) is 9.55. The first-order chi connectivity index (χ1) is 6.90. The molecule has 1 heterocycles. The van der Waals surface area contributed by atoms with Crippen LogP contribution in [0.4, 0.5) is 0 Å². The Labute approximate surface area is 90.4 Å². The van der Waals surface area contributed by atoms with E-state index in [0.717, 1.165) is 17.8 Å². The zero-order valence-corrected chi connectivity index (χ0v) is 9.55. The Morgan fingerprint density at radius 2 is 2.20 bits per heavy atom. The lowest BCUT2D eigenvalue weighted by Gasteiger charge is -2.38. The highest BCUT2D eigenvalue weighted by atomic mass is 16.1. The van der Waals surface area contributed by atoms with Crippen LogP contribution in [0.25, 0.3) is 0 Å². The summed E-state index contributed by atoms with van der Waals surface area (Å²) in [5.74, 6) is 0.412. The molecule has 1 aliphatic heterocycles. The molecule has 3 nitrogen and oxygen atoms in total. The maximum absolute atomic E-state index is 11.5. The van der Waals surface area contributed by atoms with Crippen molar-refractivity contribution in [2.75, 3.05) is 0 Å². The molecule has 0 radical (unpaired) electrons. The predicted octanol–water partition coefficient (Wildman–Crippen LogP) is 1.67. The van der Waals surface area contributed by atoms with Crippen LogP contribution < -0.4 is 11.1 Å². The minimum atomic E-state index is -0.0431. The summed E-state index contributed by atoms with van der Waals surface area (Å²) in [5.41, 5.74) is 9.08. The molecule has 1 aliphatic carbocycles. The number of hydrogen-bond acceptors (Lipinski definition) is 2. The third-order valence-electron chi connectivity index (χ3n) is 3.24. The molecule has 0 spiro atoms. The van der Waals surface area contributed by atoms with Crippen LogP contribution in [0, 0.1) is 11.3 Å². The van der Waals surface area contributed by atoms with Gasteiger partial charge in [-0.3, -0.25) is 4.79 Å². The van der Waals surface area contributed by atoms with Gasteiger partial charge in [-0.15, -0.1) is 0 Å². The molecular formula is C12H18N2O. The van der Waals surface area contributed by atoms with E-state index in [2.05, 4.69) is 26.1 Å². The molecule has 1 amide bonds. The number of carbonyl (C=O) groups excluding carboxylic acids is 1. The van der Waals surface area contributed by atoms with E-state index in [1.165, 1.54) is 5.57 Å². The molecule has 0 aromatic heterocycles. The second-order valence-electron chi connectivity index (χ2n) is 5.26. The molecule has 15 heavy (non-hydrogen) atoms. The number of nitrogens with one attached hydrogen (secondary N) is 1. The van der Waals surface area contributed by atoms with Gasteiger partial charge in [0.2, 0.25) is 5.91 Å². The molecule has 0 fully saturated rings. The van der Waals surface area contributed by atoms with Crippen LogP contribution in [0.3, 0.4) is 0 Å². The number of carbonyl (C=O) groups is 1. The Hall–Kier alpha value is -1.25. The molecule has 0 bridgehead atoms. The summed E-state index contributed by atoms with van der Waals surface area (Å²) in [6.45, 7) is 6.33. The van der Waals surface area contributed by atoms with Crippen molar-refractivity contribution in [2.45, 2.75) is 33.6 Å². The van der Waals surface area contributed by atoms with E-state index in [4.69, 9.17) is 5.73 Å². The number of rotatable bonds is 0. The fourth-order valence-electron chi connectivity index (χ4n) is 2.52. The maximum atomic E-state index is 11.5. The van der Waals surface area contributed by atoms with Crippen LogP contribution >= 0.6 is 0 Å². The lowest BCUT2D eigenvalue weighted by atomic mass is 9.73. The van der Waals surface area contributed by atoms with E-state index in [-0.39, 0.29) is 17.2 Å². The standard InChI is InChI=1S/C12H18N2O/c1-7-4-10(15)14-11-9(7)5-8(13)6-12(11,2)3/h5,7H,4,6,13H2,1-3H3,(H,14,15). The molecule has 0 aromatic carbocycles. The third-order valence-corrected chi connectivity index (χ3v) is 3.24. The third kappa shape index (κ3) is 1.66. The van der Waals surface area contributed by atoms with Crippen molar-refractivity contribution in [1.82, 2.24) is 5.32 Å². The average molecular weight is 206 g/mol. The van der Waals surface area contributed by atoms with Gasteiger partial charge in [0.25, 0.3) is 0 Å². The zero-order chi connectivity index (χ0) is 11.2. The number of allylic oxidation sites excluding steroid dienone is 4. The Morgan fingerprint density at radius 3 is 2.87 bits per heavy atom. The molecule has 2 rings (SSSR count). The van der Waals surface area contributed by atoms with Gasteiger partial charge < -0.3 is 11.1 Å². The molecule has 82 valence electrons. The Bertz CT molecular complexity index is 377. The first-order valence-electron chi connectivity index (χ1n) is 5.41. The summed E-state index contributed by atoms with van der Waals surface area (Å²) in [6, 6.07) is 0. The molecule has 1 atom stereocenters. The highest BCUT2D eigenvalue weighted by Gasteiger charge is 2.36. The molecule has 3 heteroatoms. The Balaban J connectivity index is 2.50. The molecule has 2 aliphatic rings. The first-order valence-corrected chi connectivity index (χ1v) is 5.41. The quantitative estimate of drug-likeness (QED) is 0.633. The van der Waals surface area contributed by atoms with Crippen LogP contribution in [0.1, 0.15) is 33.6 Å². The lowest BCUT2D eigenvalue weighted by molar-refractivity contribution is -0.121. The predicted molar refractivity (Wildman–Crippen MR) is 59.6 cm³/mol. The number of hydrogen-bond donors (Lipinski definition) is 2. The minimum Gasteiger partial charge on any atom is -0.402 e. The summed E-state index contributed by atoms with van der Waals surface area (Å²) in [5, 5.41) is 3.00. The van der Waals surface area contributed by atoms with Gasteiger partial charge in [0.15, 0.2) is 0 Å². The lowest BCUT2D eigenvalue weighted by Crippen LogP contribution is -2.40. The first kappa shape index (κ1) is 10.3. The van der Waals surface area contributed by atoms with Crippen molar-refractivity contribution in [3.05, 3.63) is 23.0 Å². The Kier molecular flexibility index (Phi) is 2.14. The summed E-state index contributed by atoms with van der Waals surface area (Å²) in [6.07, 6.45) is 3.42. The highest BCUT2D eigenvalue weighted by Crippen LogP contribution is 2.41. The van der Waals surface area contributed by atoms with Crippen molar-refractivity contribution in [3.8, 4) is 0 Å². The SMILES string of the molecule is CC1CC(=O)NC2=C1C=C(N)CC2(C)C. The number of nitrogens with two attached hydrogens (primary N) is 1. The second kappa shape index (κ2) is 3.12. The monoisotopic (exact) mass is 206 g/mol. The summed E-state index contributed by atoms with van der Waals surface area (Å²) < 4.78 is 0. The van der Waals surface area contributed by atoms with E-state index in [0.29, 0.717) is 6.42 Å². The van der Waals surface area contributed by atoms with E-state index in [1.807, 2.05) is 6.08 Å². The molecule has 0 saturated carbocycles. The number of amides is 1. The van der Waals surface area contributed by atoms with Gasteiger partial charge >= 0.3 is 0 Å². The molecular weight excluding hydrogens is 188 g/mol. The van der Waals surface area contributed by atoms with Crippen molar-refractivity contribution in [2.24, 2.45) is 17.1 Å². The van der Waals surface area contributed by atoms with Crippen molar-refractivity contribution >= 4 is 5.91 Å². The fourth-order valence-corrected chi connectivity index (χ4v) is 2.52. The van der Waals surface area contributed by atoms with Crippen LogP contribution in [0.2, 0.25) is 0 Å². The van der Waals surface area contributed by atoms with Crippen molar-refractivity contribution in [1.29, 1.82) is 0 Å². The largest absolute Gasteiger partial charge is 0.402 e. The van der Waals surface area contributed by atoms with Gasteiger partial charge in [-0.2, -0.15) is 0 Å². The van der Waals surface area contributed by atoms with Crippen LogP contribution in [-0.2, 0) is 4.79 Å². The normalized spacial score (nSPS) is 29.4. The van der Waals surface area contributed by atoms with Gasteiger partial charge in [-0.25, -0.2) is 0 Å². The van der Waals surface area contributed by atoms with E-state index >= 15 is 0 Å². The second-order valence-corrected chi connectivity index (χ2v) is 5.26. The Morgan fingerprint density at radius 1 is 1.53 bits per heavy atom. The van der Waals surface area contributed by atoms with Gasteiger partial charge in [0.1, 0.15) is 0 Å². The van der Waals surface area contributed by atoms with Crippen LogP contribution in [0.15, 0.2) is 23.0 Å². The summed E-state index contributed by atoms with van der Waals surface area (Å²) >= 11 is 0. The summed E-state index contributed by atoms with van der Waals surface area (Å²) in [7, 11) is 0. The van der Waals surface area contributed by atoms with E-state index in [1.54, 1.807) is 0 Å². The van der Waals surface area contributed by atoms with E-state index in [9.17, 15) is 4.79 Å². The smallest absolute Gasteiger partial charge is 0.224 e. The molecule has 0 aromatic rings. The summed E-state index contributed by atoms with van der Waals surface area (Å²) in [4.78, 5) is 11.5. The van der Waals surface area contributed by atoms with Gasteiger partial charge in [0.05, 0.1) is 0 Å². The fraction of sp³-hybridized carbons (Fsp3) is 0.583. The van der Waals surface area contributed by atoms with Crippen LogP contribution in [0.5, 0.6) is 0 Å². The van der Waals surface area contributed by atoms with Gasteiger partial charge in [-0.05, 0) is 24.0 Å². The molecule has 1 unspecified atom stereocenters. The topological polar surface area (TPSA) is 55.1 Å². The minimum absolute atomic E-state index is 0.0431. The van der Waals surface area contributed by atoms with Crippen LogP contribution in [-0.4, -0.2) is 5.91 Å². The maximum Gasteiger partial charge on any atom is 0.224 e. The highest BCUT2D eigenvalue weighted by molar-refractivity contribution is 5.81. The molecule has 0 saturated heterocycles. The van der Waals surface area contributed by atoms with Gasteiger partial charge in [0, 0.05) is 23.2 Å². The van der Waals surface area contributed by atoms with E-state index < -0.39 is 0 Å². The van der Waals surface area contributed by atoms with Crippen molar-refractivity contribution in [3.63, 3.8) is 0 Å². The van der Waals surface area contributed by atoms with Crippen molar-refractivity contribution < 1.29 is 4.79 Å². The molecule has 3 N–H and O–H groups in total.